The van der Waals surface area contributed by atoms with Gasteiger partial charge in [0.2, 0.25) is 11.7 Å². The number of ketones is 1. The van der Waals surface area contributed by atoms with Crippen LogP contribution in [0.5, 0.6) is 0 Å². The van der Waals surface area contributed by atoms with Crippen molar-refractivity contribution in [3.05, 3.63) is 78.0 Å². The van der Waals surface area contributed by atoms with Crippen molar-refractivity contribution in [1.29, 1.82) is 0 Å². The first-order valence-electron chi connectivity index (χ1n) is 9.53. The number of hydrogen-bond donors (Lipinski definition) is 1. The maximum Gasteiger partial charge on any atom is 0.417 e. The van der Waals surface area contributed by atoms with Crippen molar-refractivity contribution in [2.45, 2.75) is 26.4 Å². The SMILES string of the molecule is CC(C)(C)OC(=O)N1CC(C(=O)C#Cc2ccccc2)=CN=C1Nc1ccccc1. The molecular weight excluding hydrogens is 378 g/mol. The molecule has 0 radical (unpaired) electrons. The molecule has 3 rings (SSSR count). The number of benzene rings is 2. The molecule has 30 heavy (non-hydrogen) atoms. The van der Waals surface area contributed by atoms with E-state index in [4.69, 9.17) is 4.74 Å². The average Bonchev–Trinajstić information content (AvgIpc) is 2.72. The molecule has 1 aliphatic rings. The van der Waals surface area contributed by atoms with Crippen LogP contribution in [0.4, 0.5) is 10.5 Å². The van der Waals surface area contributed by atoms with Crippen molar-refractivity contribution in [3.8, 4) is 11.8 Å². The van der Waals surface area contributed by atoms with Crippen LogP contribution in [0.15, 0.2) is 77.4 Å². The van der Waals surface area contributed by atoms with Gasteiger partial charge in [0.15, 0.2) is 0 Å². The highest BCUT2D eigenvalue weighted by Gasteiger charge is 2.30. The molecule has 0 aliphatic carbocycles. The monoisotopic (exact) mass is 401 g/mol. The third kappa shape index (κ3) is 5.82. The number of amides is 1. The zero-order valence-corrected chi connectivity index (χ0v) is 17.2. The summed E-state index contributed by atoms with van der Waals surface area (Å²) in [5.41, 5.74) is 1.12. The average molecular weight is 401 g/mol. The minimum Gasteiger partial charge on any atom is -0.443 e. The lowest BCUT2D eigenvalue weighted by Gasteiger charge is -2.30. The van der Waals surface area contributed by atoms with Gasteiger partial charge in [0.1, 0.15) is 5.60 Å². The van der Waals surface area contributed by atoms with Gasteiger partial charge in [0.05, 0.1) is 6.54 Å². The number of anilines is 1. The van der Waals surface area contributed by atoms with E-state index in [1.165, 1.54) is 11.1 Å². The second kappa shape index (κ2) is 9.10. The number of guanidine groups is 1. The van der Waals surface area contributed by atoms with Crippen LogP contribution >= 0.6 is 0 Å². The van der Waals surface area contributed by atoms with Gasteiger partial charge < -0.3 is 10.1 Å². The summed E-state index contributed by atoms with van der Waals surface area (Å²) in [6.07, 6.45) is 0.841. The van der Waals surface area contributed by atoms with E-state index >= 15 is 0 Å². The highest BCUT2D eigenvalue weighted by atomic mass is 16.6. The van der Waals surface area contributed by atoms with E-state index in [1.807, 2.05) is 60.7 Å². The Labute approximate surface area is 176 Å². The second-order valence-corrected chi connectivity index (χ2v) is 7.61. The summed E-state index contributed by atoms with van der Waals surface area (Å²) in [7, 11) is 0. The summed E-state index contributed by atoms with van der Waals surface area (Å²) in [5, 5.41) is 3.10. The number of para-hydroxylation sites is 1. The van der Waals surface area contributed by atoms with Crippen molar-refractivity contribution < 1.29 is 14.3 Å². The Balaban J connectivity index is 1.84. The second-order valence-electron chi connectivity index (χ2n) is 7.61. The molecule has 0 fully saturated rings. The molecule has 0 unspecified atom stereocenters. The van der Waals surface area contributed by atoms with Gasteiger partial charge in [-0.05, 0) is 51.0 Å². The van der Waals surface area contributed by atoms with E-state index in [9.17, 15) is 9.59 Å². The van der Waals surface area contributed by atoms with E-state index in [2.05, 4.69) is 22.2 Å². The first kappa shape index (κ1) is 20.9. The number of hydrogen-bond acceptors (Lipinski definition) is 5. The lowest BCUT2D eigenvalue weighted by atomic mass is 10.1. The molecule has 0 bridgehead atoms. The van der Waals surface area contributed by atoms with Gasteiger partial charge in [-0.2, -0.15) is 0 Å². The molecule has 0 aromatic heterocycles. The third-order valence-electron chi connectivity index (χ3n) is 3.96. The number of nitrogens with zero attached hydrogens (tertiary/aromatic N) is 2. The van der Waals surface area contributed by atoms with Crippen molar-refractivity contribution in [1.82, 2.24) is 4.90 Å². The van der Waals surface area contributed by atoms with Crippen LogP contribution < -0.4 is 5.32 Å². The third-order valence-corrected chi connectivity index (χ3v) is 3.96. The summed E-state index contributed by atoms with van der Waals surface area (Å²) < 4.78 is 5.49. The van der Waals surface area contributed by atoms with Crippen molar-refractivity contribution in [2.75, 3.05) is 11.9 Å². The van der Waals surface area contributed by atoms with Gasteiger partial charge >= 0.3 is 6.09 Å². The molecule has 0 saturated heterocycles. The minimum absolute atomic E-state index is 0.00980. The van der Waals surface area contributed by atoms with Crippen LogP contribution in [-0.2, 0) is 9.53 Å². The summed E-state index contributed by atoms with van der Waals surface area (Å²) in [5.74, 6) is 5.34. The summed E-state index contributed by atoms with van der Waals surface area (Å²) in [4.78, 5) is 30.9. The molecule has 1 heterocycles. The first-order chi connectivity index (χ1) is 14.3. The fourth-order valence-corrected chi connectivity index (χ4v) is 2.57. The van der Waals surface area contributed by atoms with Gasteiger partial charge in [-0.25, -0.2) is 14.7 Å². The number of aliphatic imine (C=N–C) groups is 1. The molecule has 1 N–H and O–H groups in total. The molecule has 152 valence electrons. The maximum atomic E-state index is 12.8. The van der Waals surface area contributed by atoms with Gasteiger partial charge in [-0.3, -0.25) is 4.79 Å². The van der Waals surface area contributed by atoms with Gasteiger partial charge in [-0.15, -0.1) is 0 Å². The smallest absolute Gasteiger partial charge is 0.417 e. The highest BCUT2D eigenvalue weighted by Crippen LogP contribution is 2.17. The number of carbonyl (C=O) groups excluding carboxylic acids is 2. The van der Waals surface area contributed by atoms with Crippen LogP contribution in [0.2, 0.25) is 0 Å². The molecule has 1 amide bonds. The van der Waals surface area contributed by atoms with Gasteiger partial charge in [0, 0.05) is 23.0 Å². The van der Waals surface area contributed by atoms with Crippen molar-refractivity contribution >= 4 is 23.5 Å². The first-order valence-corrected chi connectivity index (χ1v) is 9.53. The summed E-state index contributed by atoms with van der Waals surface area (Å²) in [6.45, 7) is 5.35. The molecule has 0 saturated carbocycles. The van der Waals surface area contributed by atoms with Crippen LogP contribution in [0, 0.1) is 11.8 Å². The maximum absolute atomic E-state index is 12.8. The van der Waals surface area contributed by atoms with E-state index in [-0.39, 0.29) is 12.5 Å². The number of Topliss-reactive ketones (excluding diaryl/α,β-unsaturated/α-hetero) is 1. The lowest BCUT2D eigenvalue weighted by molar-refractivity contribution is -0.110. The molecule has 2 aromatic rings. The van der Waals surface area contributed by atoms with Gasteiger partial charge in [0.25, 0.3) is 0 Å². The largest absolute Gasteiger partial charge is 0.443 e. The zero-order chi connectivity index (χ0) is 21.6. The van der Waals surface area contributed by atoms with Crippen LogP contribution in [-0.4, -0.2) is 34.9 Å². The van der Waals surface area contributed by atoms with Crippen LogP contribution in [0.3, 0.4) is 0 Å². The number of carbonyl (C=O) groups is 2. The summed E-state index contributed by atoms with van der Waals surface area (Å²) >= 11 is 0. The Morgan fingerprint density at radius 2 is 1.67 bits per heavy atom. The Bertz CT molecular complexity index is 1040. The van der Waals surface area contributed by atoms with Gasteiger partial charge in [-0.1, -0.05) is 42.3 Å². The predicted octanol–water partition coefficient (Wildman–Crippen LogP) is 4.21. The standard InChI is InChI=1S/C24H23N3O3/c1-24(2,3)30-23(29)27-17-19(21(28)15-14-18-10-6-4-7-11-18)16-25-22(27)26-20-12-8-5-9-13-20/h4-13,16H,17H2,1-3H3,(H,25,26). The van der Waals surface area contributed by atoms with Crippen molar-refractivity contribution in [3.63, 3.8) is 0 Å². The fourth-order valence-electron chi connectivity index (χ4n) is 2.57. The minimum atomic E-state index is -0.687. The van der Waals surface area contributed by atoms with E-state index in [1.54, 1.807) is 20.8 Å². The summed E-state index contributed by atoms with van der Waals surface area (Å²) in [6, 6.07) is 18.6. The lowest BCUT2D eigenvalue weighted by Crippen LogP contribution is -2.46. The number of rotatable bonds is 2. The Kier molecular flexibility index (Phi) is 6.33. The predicted molar refractivity (Wildman–Crippen MR) is 117 cm³/mol. The molecule has 1 aliphatic heterocycles. The number of nitrogens with one attached hydrogen (secondary N) is 1. The van der Waals surface area contributed by atoms with E-state index in [0.717, 1.165) is 11.3 Å². The molecule has 2 aromatic carbocycles. The molecular formula is C24H23N3O3. The molecule has 6 heteroatoms. The Morgan fingerprint density at radius 3 is 2.30 bits per heavy atom. The highest BCUT2D eigenvalue weighted by molar-refractivity contribution is 6.12. The Hall–Kier alpha value is -3.85. The fraction of sp³-hybridized carbons (Fsp3) is 0.208. The van der Waals surface area contributed by atoms with Crippen LogP contribution in [0.1, 0.15) is 26.3 Å². The zero-order valence-electron chi connectivity index (χ0n) is 17.2. The van der Waals surface area contributed by atoms with E-state index in [0.29, 0.717) is 5.57 Å². The molecule has 6 nitrogen and oxygen atoms in total. The quantitative estimate of drug-likeness (QED) is 0.766. The Morgan fingerprint density at radius 1 is 1.03 bits per heavy atom. The molecule has 0 atom stereocenters. The van der Waals surface area contributed by atoms with Crippen molar-refractivity contribution in [2.24, 2.45) is 4.99 Å². The van der Waals surface area contributed by atoms with Crippen LogP contribution in [0.25, 0.3) is 0 Å². The number of ether oxygens (including phenoxy) is 1. The topological polar surface area (TPSA) is 71.0 Å². The molecule has 0 spiro atoms. The normalized spacial score (nSPS) is 13.4. The van der Waals surface area contributed by atoms with E-state index < -0.39 is 17.5 Å².